The van der Waals surface area contributed by atoms with Crippen LogP contribution in [0.4, 0.5) is 23.1 Å². The summed E-state index contributed by atoms with van der Waals surface area (Å²) in [7, 11) is 3.09. The van der Waals surface area contributed by atoms with Crippen molar-refractivity contribution in [1.29, 1.82) is 0 Å². The second kappa shape index (κ2) is 10.2. The van der Waals surface area contributed by atoms with Gasteiger partial charge in [-0.05, 0) is 43.3 Å². The molecule has 9 heteroatoms. The Balaban J connectivity index is 1.44. The average molecular weight is 450 g/mol. The van der Waals surface area contributed by atoms with Crippen molar-refractivity contribution in [2.75, 3.05) is 56.1 Å². The molecule has 0 radical (unpaired) electrons. The Labute approximate surface area is 192 Å². The fourth-order valence-electron chi connectivity index (χ4n) is 3.47. The molecule has 2 aromatic carbocycles. The minimum atomic E-state index is -0.259. The number of hydrogen-bond acceptors (Lipinski definition) is 8. The molecule has 0 aliphatic carbocycles. The standard InChI is InChI=1S/C24H27N5O4/c1-16-12-22(29-8-10-33-11-9-29)28-24(25-16)27-19-6-4-18(5-7-19)26-23(30)17-13-20(31-2)15-21(14-17)32-3/h4-7,12-15H,8-11H2,1-3H3,(H,26,30)(H,25,27,28). The van der Waals surface area contributed by atoms with Gasteiger partial charge in [0.05, 0.1) is 27.4 Å². The quantitative estimate of drug-likeness (QED) is 0.564. The van der Waals surface area contributed by atoms with E-state index in [1.165, 1.54) is 0 Å². The van der Waals surface area contributed by atoms with E-state index in [-0.39, 0.29) is 5.91 Å². The number of benzene rings is 2. The number of nitrogens with zero attached hydrogens (tertiary/aromatic N) is 3. The number of carbonyl (C=O) groups is 1. The average Bonchev–Trinajstić information content (AvgIpc) is 2.85. The number of ether oxygens (including phenoxy) is 3. The summed E-state index contributed by atoms with van der Waals surface area (Å²) < 4.78 is 15.9. The van der Waals surface area contributed by atoms with Gasteiger partial charge < -0.3 is 29.7 Å². The van der Waals surface area contributed by atoms with Crippen LogP contribution in [-0.4, -0.2) is 56.4 Å². The van der Waals surface area contributed by atoms with Crippen molar-refractivity contribution in [2.24, 2.45) is 0 Å². The number of aryl methyl sites for hydroxylation is 1. The van der Waals surface area contributed by atoms with Gasteiger partial charge in [-0.2, -0.15) is 4.98 Å². The third-order valence-corrected chi connectivity index (χ3v) is 5.19. The van der Waals surface area contributed by atoms with Crippen LogP contribution in [0.3, 0.4) is 0 Å². The maximum absolute atomic E-state index is 12.7. The van der Waals surface area contributed by atoms with E-state index in [4.69, 9.17) is 14.2 Å². The second-order valence-electron chi connectivity index (χ2n) is 7.55. The van der Waals surface area contributed by atoms with Crippen LogP contribution in [0.25, 0.3) is 0 Å². The summed E-state index contributed by atoms with van der Waals surface area (Å²) in [6.07, 6.45) is 0. The number of methoxy groups -OCH3 is 2. The predicted molar refractivity (Wildman–Crippen MR) is 127 cm³/mol. The van der Waals surface area contributed by atoms with Crippen LogP contribution in [-0.2, 0) is 4.74 Å². The molecule has 172 valence electrons. The molecule has 1 amide bonds. The molecule has 0 unspecified atom stereocenters. The molecule has 0 atom stereocenters. The predicted octanol–water partition coefficient (Wildman–Crippen LogP) is 3.63. The lowest BCUT2D eigenvalue weighted by atomic mass is 10.1. The van der Waals surface area contributed by atoms with Gasteiger partial charge in [-0.1, -0.05) is 0 Å². The molecular formula is C24H27N5O4. The Morgan fingerprint density at radius 2 is 1.58 bits per heavy atom. The summed E-state index contributed by atoms with van der Waals surface area (Å²) in [5, 5.41) is 6.13. The molecule has 0 saturated carbocycles. The Morgan fingerprint density at radius 3 is 2.21 bits per heavy atom. The first-order valence-electron chi connectivity index (χ1n) is 10.6. The summed E-state index contributed by atoms with van der Waals surface area (Å²) >= 11 is 0. The van der Waals surface area contributed by atoms with Crippen molar-refractivity contribution in [2.45, 2.75) is 6.92 Å². The minimum Gasteiger partial charge on any atom is -0.497 e. The summed E-state index contributed by atoms with van der Waals surface area (Å²) in [4.78, 5) is 24.0. The molecule has 2 heterocycles. The fourth-order valence-corrected chi connectivity index (χ4v) is 3.47. The Bertz CT molecular complexity index is 1090. The lowest BCUT2D eigenvalue weighted by Gasteiger charge is -2.28. The lowest BCUT2D eigenvalue weighted by molar-refractivity contribution is 0.102. The van der Waals surface area contributed by atoms with Gasteiger partial charge in [-0.3, -0.25) is 4.79 Å². The van der Waals surface area contributed by atoms with Crippen LogP contribution >= 0.6 is 0 Å². The maximum atomic E-state index is 12.7. The van der Waals surface area contributed by atoms with E-state index in [1.54, 1.807) is 32.4 Å². The monoisotopic (exact) mass is 449 g/mol. The van der Waals surface area contributed by atoms with Gasteiger partial charge in [0.25, 0.3) is 5.91 Å². The normalized spacial score (nSPS) is 13.4. The van der Waals surface area contributed by atoms with E-state index in [0.717, 1.165) is 30.3 Å². The van der Waals surface area contributed by atoms with Crippen LogP contribution in [0.5, 0.6) is 11.5 Å². The number of aromatic nitrogens is 2. The number of amides is 1. The van der Waals surface area contributed by atoms with Gasteiger partial charge in [-0.25, -0.2) is 4.98 Å². The van der Waals surface area contributed by atoms with Crippen molar-refractivity contribution in [1.82, 2.24) is 9.97 Å². The van der Waals surface area contributed by atoms with E-state index >= 15 is 0 Å². The maximum Gasteiger partial charge on any atom is 0.255 e. The number of hydrogen-bond donors (Lipinski definition) is 2. The largest absolute Gasteiger partial charge is 0.497 e. The van der Waals surface area contributed by atoms with Crippen LogP contribution in [0.15, 0.2) is 48.5 Å². The number of carbonyl (C=O) groups excluding carboxylic acids is 1. The molecular weight excluding hydrogens is 422 g/mol. The highest BCUT2D eigenvalue weighted by Gasteiger charge is 2.14. The molecule has 1 aliphatic heterocycles. The Hall–Kier alpha value is -3.85. The first kappa shape index (κ1) is 22.3. The van der Waals surface area contributed by atoms with Crippen LogP contribution < -0.4 is 25.0 Å². The molecule has 1 saturated heterocycles. The number of morpholine rings is 1. The third kappa shape index (κ3) is 5.69. The molecule has 9 nitrogen and oxygen atoms in total. The first-order chi connectivity index (χ1) is 16.0. The van der Waals surface area contributed by atoms with Gasteiger partial charge in [-0.15, -0.1) is 0 Å². The van der Waals surface area contributed by atoms with Crippen molar-refractivity contribution < 1.29 is 19.0 Å². The molecule has 33 heavy (non-hydrogen) atoms. The number of rotatable bonds is 7. The molecule has 0 bridgehead atoms. The van der Waals surface area contributed by atoms with Gasteiger partial charge in [0.1, 0.15) is 17.3 Å². The molecule has 3 aromatic rings. The highest BCUT2D eigenvalue weighted by molar-refractivity contribution is 6.04. The van der Waals surface area contributed by atoms with Crippen molar-refractivity contribution in [3.05, 3.63) is 59.8 Å². The zero-order chi connectivity index (χ0) is 23.2. The smallest absolute Gasteiger partial charge is 0.255 e. The Kier molecular flexibility index (Phi) is 6.89. The number of anilines is 4. The van der Waals surface area contributed by atoms with E-state index in [1.807, 2.05) is 37.3 Å². The summed E-state index contributed by atoms with van der Waals surface area (Å²) in [6.45, 7) is 4.96. The fraction of sp³-hybridized carbons (Fsp3) is 0.292. The Morgan fingerprint density at radius 1 is 0.939 bits per heavy atom. The van der Waals surface area contributed by atoms with Crippen molar-refractivity contribution >= 4 is 29.0 Å². The van der Waals surface area contributed by atoms with E-state index in [2.05, 4.69) is 25.5 Å². The summed E-state index contributed by atoms with van der Waals surface area (Å²) in [5.74, 6) is 2.25. The summed E-state index contributed by atoms with van der Waals surface area (Å²) in [6, 6.07) is 14.4. The van der Waals surface area contributed by atoms with E-state index in [0.29, 0.717) is 41.9 Å². The van der Waals surface area contributed by atoms with Gasteiger partial charge in [0.2, 0.25) is 5.95 Å². The van der Waals surface area contributed by atoms with E-state index < -0.39 is 0 Å². The molecule has 1 aliphatic rings. The molecule has 0 spiro atoms. The lowest BCUT2D eigenvalue weighted by Crippen LogP contribution is -2.36. The summed E-state index contributed by atoms with van der Waals surface area (Å²) in [5.41, 5.74) is 2.80. The number of nitrogens with one attached hydrogen (secondary N) is 2. The first-order valence-corrected chi connectivity index (χ1v) is 10.6. The third-order valence-electron chi connectivity index (χ3n) is 5.19. The van der Waals surface area contributed by atoms with Gasteiger partial charge in [0, 0.05) is 47.9 Å². The van der Waals surface area contributed by atoms with Crippen molar-refractivity contribution in [3.63, 3.8) is 0 Å². The zero-order valence-electron chi connectivity index (χ0n) is 18.9. The van der Waals surface area contributed by atoms with Crippen LogP contribution in [0.1, 0.15) is 16.1 Å². The molecule has 1 fully saturated rings. The van der Waals surface area contributed by atoms with Crippen LogP contribution in [0, 0.1) is 6.92 Å². The van der Waals surface area contributed by atoms with Gasteiger partial charge >= 0.3 is 0 Å². The van der Waals surface area contributed by atoms with Gasteiger partial charge in [0.15, 0.2) is 0 Å². The highest BCUT2D eigenvalue weighted by atomic mass is 16.5. The molecule has 1 aromatic heterocycles. The van der Waals surface area contributed by atoms with E-state index in [9.17, 15) is 4.79 Å². The molecule has 2 N–H and O–H groups in total. The highest BCUT2D eigenvalue weighted by Crippen LogP contribution is 2.24. The zero-order valence-corrected chi connectivity index (χ0v) is 18.9. The minimum absolute atomic E-state index is 0.259. The topological polar surface area (TPSA) is 97.8 Å². The van der Waals surface area contributed by atoms with Crippen LogP contribution in [0.2, 0.25) is 0 Å². The molecule has 4 rings (SSSR count). The second-order valence-corrected chi connectivity index (χ2v) is 7.55. The van der Waals surface area contributed by atoms with Crippen molar-refractivity contribution in [3.8, 4) is 11.5 Å². The SMILES string of the molecule is COc1cc(OC)cc(C(=O)Nc2ccc(Nc3nc(C)cc(N4CCOCC4)n3)cc2)c1.